The summed E-state index contributed by atoms with van der Waals surface area (Å²) in [4.78, 5) is 20.1. The lowest BCUT2D eigenvalue weighted by atomic mass is 10.00. The third kappa shape index (κ3) is 4.19. The smallest absolute Gasteiger partial charge is 0.214 e. The first kappa shape index (κ1) is 24.3. The Labute approximate surface area is 231 Å². The summed E-state index contributed by atoms with van der Waals surface area (Å²) in [6, 6.07) is 26.1. The molecule has 0 saturated carbocycles. The first-order chi connectivity index (χ1) is 20.0. The van der Waals surface area contributed by atoms with Gasteiger partial charge in [-0.25, -0.2) is 8.91 Å². The van der Waals surface area contributed by atoms with Crippen molar-refractivity contribution >= 4 is 33.4 Å². The predicted molar refractivity (Wildman–Crippen MR) is 149 cm³/mol. The second-order valence-corrected chi connectivity index (χ2v) is 9.66. The number of halogens is 2. The lowest BCUT2D eigenvalue weighted by Crippen LogP contribution is -2.01. The molecule has 0 aliphatic heterocycles. The van der Waals surface area contributed by atoms with Crippen LogP contribution < -0.4 is 4.74 Å². The van der Waals surface area contributed by atoms with Gasteiger partial charge in [-0.2, -0.15) is 14.8 Å². The molecule has 0 bridgehead atoms. The molecule has 7 rings (SSSR count). The standard InChI is InChI=1S/C32H19F2N5O2/c33-24-7-3-9-29(30(24)34)41-21-10-11-28-26(14-21)38-32-23(17-36-39(28)32)31(40)27-15-22-20(6-2-8-25(22)37-27)13-18-4-1-5-19(12-18)16-35/h1-12,14-15,17,37-38H,13H2. The molecular weight excluding hydrogens is 524 g/mol. The van der Waals surface area contributed by atoms with Crippen LogP contribution in [0.4, 0.5) is 8.78 Å². The second kappa shape index (κ2) is 9.47. The summed E-state index contributed by atoms with van der Waals surface area (Å²) in [5, 5.41) is 14.6. The number of hydrogen-bond donors (Lipinski definition) is 2. The average Bonchev–Trinajstić information content (AvgIpc) is 3.69. The lowest BCUT2D eigenvalue weighted by Gasteiger charge is -2.07. The van der Waals surface area contributed by atoms with E-state index < -0.39 is 11.6 Å². The minimum absolute atomic E-state index is 0.229. The predicted octanol–water partition coefficient (Wildman–Crippen LogP) is 7.06. The van der Waals surface area contributed by atoms with Gasteiger partial charge < -0.3 is 14.7 Å². The van der Waals surface area contributed by atoms with E-state index in [2.05, 4.69) is 21.1 Å². The molecule has 4 aromatic carbocycles. The third-order valence-corrected chi connectivity index (χ3v) is 7.06. The highest BCUT2D eigenvalue weighted by molar-refractivity contribution is 6.14. The van der Waals surface area contributed by atoms with E-state index in [1.165, 1.54) is 18.3 Å². The van der Waals surface area contributed by atoms with E-state index in [0.29, 0.717) is 45.7 Å². The molecule has 7 nitrogen and oxygen atoms in total. The number of rotatable bonds is 6. The largest absolute Gasteiger partial charge is 0.454 e. The lowest BCUT2D eigenvalue weighted by molar-refractivity contribution is 0.103. The van der Waals surface area contributed by atoms with E-state index in [1.807, 2.05) is 42.5 Å². The summed E-state index contributed by atoms with van der Waals surface area (Å²) in [5.41, 5.74) is 6.03. The Morgan fingerprint density at radius 3 is 2.68 bits per heavy atom. The number of nitrogens with zero attached hydrogens (tertiary/aromatic N) is 3. The van der Waals surface area contributed by atoms with Gasteiger partial charge in [0, 0.05) is 17.0 Å². The van der Waals surface area contributed by atoms with Crippen molar-refractivity contribution in [3.8, 4) is 17.6 Å². The van der Waals surface area contributed by atoms with Gasteiger partial charge in [-0.15, -0.1) is 0 Å². The minimum atomic E-state index is -1.07. The molecule has 3 aromatic heterocycles. The number of imidazole rings is 1. The third-order valence-electron chi connectivity index (χ3n) is 7.06. The quantitative estimate of drug-likeness (QED) is 0.219. The van der Waals surface area contributed by atoms with Crippen molar-refractivity contribution in [1.82, 2.24) is 19.6 Å². The Balaban J connectivity index is 1.22. The number of carbonyl (C=O) groups is 1. The first-order valence-electron chi connectivity index (χ1n) is 12.7. The summed E-state index contributed by atoms with van der Waals surface area (Å²) in [6.45, 7) is 0. The molecular formula is C32H19F2N5O2. The molecule has 0 amide bonds. The summed E-state index contributed by atoms with van der Waals surface area (Å²) >= 11 is 0. The van der Waals surface area contributed by atoms with Gasteiger partial charge in [-0.1, -0.05) is 30.3 Å². The highest BCUT2D eigenvalue weighted by Gasteiger charge is 2.21. The molecule has 0 atom stereocenters. The highest BCUT2D eigenvalue weighted by Crippen LogP contribution is 2.30. The zero-order chi connectivity index (χ0) is 28.1. The topological polar surface area (TPSA) is 99.0 Å². The molecule has 9 heteroatoms. The van der Waals surface area contributed by atoms with Crippen molar-refractivity contribution in [2.24, 2.45) is 0 Å². The van der Waals surface area contributed by atoms with Crippen molar-refractivity contribution < 1.29 is 18.3 Å². The van der Waals surface area contributed by atoms with Crippen LogP contribution in [-0.2, 0) is 6.42 Å². The number of hydrogen-bond acceptors (Lipinski definition) is 4. The zero-order valence-corrected chi connectivity index (χ0v) is 21.3. The molecule has 0 unspecified atom stereocenters. The Morgan fingerprint density at radius 1 is 0.951 bits per heavy atom. The van der Waals surface area contributed by atoms with Gasteiger partial charge in [0.1, 0.15) is 11.4 Å². The molecule has 0 aliphatic rings. The van der Waals surface area contributed by atoms with Gasteiger partial charge in [-0.3, -0.25) is 4.79 Å². The van der Waals surface area contributed by atoms with Crippen LogP contribution in [-0.4, -0.2) is 25.4 Å². The van der Waals surface area contributed by atoms with E-state index in [1.54, 1.807) is 28.8 Å². The number of benzene rings is 4. The molecule has 0 fully saturated rings. The monoisotopic (exact) mass is 543 g/mol. The molecule has 0 aliphatic carbocycles. The number of nitriles is 1. The van der Waals surface area contributed by atoms with Crippen LogP contribution in [0.2, 0.25) is 0 Å². The molecule has 7 aromatic rings. The van der Waals surface area contributed by atoms with Crippen LogP contribution >= 0.6 is 0 Å². The van der Waals surface area contributed by atoms with Gasteiger partial charge in [0.25, 0.3) is 0 Å². The van der Waals surface area contributed by atoms with Crippen LogP contribution in [0.15, 0.2) is 91.1 Å². The number of carbonyl (C=O) groups excluding carboxylic acids is 1. The van der Waals surface area contributed by atoms with Crippen LogP contribution in [0, 0.1) is 23.0 Å². The van der Waals surface area contributed by atoms with Gasteiger partial charge >= 0.3 is 0 Å². The molecule has 0 spiro atoms. The van der Waals surface area contributed by atoms with Crippen LogP contribution in [0.1, 0.15) is 32.7 Å². The number of fused-ring (bicyclic) bond motifs is 4. The molecule has 198 valence electrons. The Bertz CT molecular complexity index is 2180. The zero-order valence-electron chi connectivity index (χ0n) is 21.3. The van der Waals surface area contributed by atoms with Crippen molar-refractivity contribution in [1.29, 1.82) is 5.26 Å². The fraction of sp³-hybridized carbons (Fsp3) is 0.0312. The molecule has 2 N–H and O–H groups in total. The number of nitrogens with one attached hydrogen (secondary N) is 2. The first-order valence-corrected chi connectivity index (χ1v) is 12.7. The van der Waals surface area contributed by atoms with E-state index >= 15 is 0 Å². The van der Waals surface area contributed by atoms with Crippen molar-refractivity contribution in [3.63, 3.8) is 0 Å². The fourth-order valence-electron chi connectivity index (χ4n) is 5.11. The van der Waals surface area contributed by atoms with Crippen LogP contribution in [0.25, 0.3) is 27.6 Å². The van der Waals surface area contributed by atoms with E-state index in [-0.39, 0.29) is 11.5 Å². The van der Waals surface area contributed by atoms with E-state index in [4.69, 9.17) is 4.74 Å². The SMILES string of the molecule is N#Cc1cccc(Cc2cccc3[nH]c(C(=O)c4cnn5c4[nH]c4cc(Oc6cccc(F)c6F)ccc45)cc23)c1. The second-order valence-electron chi connectivity index (χ2n) is 9.66. The van der Waals surface area contributed by atoms with Crippen molar-refractivity contribution in [2.75, 3.05) is 0 Å². The van der Waals surface area contributed by atoms with Crippen LogP contribution in [0.5, 0.6) is 11.5 Å². The van der Waals surface area contributed by atoms with Crippen molar-refractivity contribution in [2.45, 2.75) is 6.42 Å². The van der Waals surface area contributed by atoms with Crippen molar-refractivity contribution in [3.05, 3.63) is 131 Å². The van der Waals surface area contributed by atoms with Gasteiger partial charge in [0.05, 0.1) is 40.1 Å². The maximum Gasteiger partial charge on any atom is 0.214 e. The maximum atomic E-state index is 14.1. The fourth-order valence-corrected chi connectivity index (χ4v) is 5.11. The Morgan fingerprint density at radius 2 is 1.80 bits per heavy atom. The van der Waals surface area contributed by atoms with Gasteiger partial charge in [0.2, 0.25) is 11.6 Å². The number of H-pyrrole nitrogens is 2. The van der Waals surface area contributed by atoms with Gasteiger partial charge in [0.15, 0.2) is 11.6 Å². The number of aromatic nitrogens is 4. The van der Waals surface area contributed by atoms with Gasteiger partial charge in [-0.05, 0) is 66.1 Å². The molecule has 41 heavy (non-hydrogen) atoms. The Kier molecular flexibility index (Phi) is 5.61. The minimum Gasteiger partial charge on any atom is -0.454 e. The number of aromatic amines is 2. The highest BCUT2D eigenvalue weighted by atomic mass is 19.2. The molecule has 3 heterocycles. The molecule has 0 radical (unpaired) electrons. The number of ketones is 1. The van der Waals surface area contributed by atoms with E-state index in [0.717, 1.165) is 28.1 Å². The summed E-state index contributed by atoms with van der Waals surface area (Å²) in [7, 11) is 0. The average molecular weight is 544 g/mol. The Hall–Kier alpha value is -5.75. The summed E-state index contributed by atoms with van der Waals surface area (Å²) in [5.74, 6) is -2.24. The summed E-state index contributed by atoms with van der Waals surface area (Å²) in [6.07, 6.45) is 2.13. The molecule has 0 saturated heterocycles. The summed E-state index contributed by atoms with van der Waals surface area (Å²) < 4.78 is 34.9. The number of ether oxygens (including phenoxy) is 1. The maximum absolute atomic E-state index is 14.1. The van der Waals surface area contributed by atoms with E-state index in [9.17, 15) is 18.8 Å². The normalized spacial score (nSPS) is 11.3. The van der Waals surface area contributed by atoms with Crippen LogP contribution in [0.3, 0.4) is 0 Å².